The van der Waals surface area contributed by atoms with Gasteiger partial charge < -0.3 is 15.5 Å². The fraction of sp³-hybridized carbons (Fsp3) is 0.538. The fourth-order valence-corrected chi connectivity index (χ4v) is 2.36. The summed E-state index contributed by atoms with van der Waals surface area (Å²) in [5, 5.41) is 0. The molecule has 0 aromatic heterocycles. The van der Waals surface area contributed by atoms with E-state index in [2.05, 4.69) is 9.80 Å². The van der Waals surface area contributed by atoms with E-state index in [4.69, 9.17) is 5.73 Å². The van der Waals surface area contributed by atoms with Gasteiger partial charge in [-0.2, -0.15) is 0 Å². The van der Waals surface area contributed by atoms with Gasteiger partial charge in [0.25, 0.3) is 0 Å². The first kappa shape index (κ1) is 12.2. The minimum absolute atomic E-state index is 0.131. The summed E-state index contributed by atoms with van der Waals surface area (Å²) in [5.74, 6) is -0.131. The Hall–Kier alpha value is -1.29. The lowest BCUT2D eigenvalue weighted by Gasteiger charge is -2.26. The predicted molar refractivity (Wildman–Crippen MR) is 70.2 cm³/mol. The molecule has 0 unspecified atom stereocenters. The largest absolute Gasteiger partial charge is 0.373 e. The van der Waals surface area contributed by atoms with E-state index in [9.17, 15) is 4.39 Å². The number of para-hydroxylation sites is 1. The number of anilines is 2. The van der Waals surface area contributed by atoms with Crippen LogP contribution in [0.1, 0.15) is 12.8 Å². The van der Waals surface area contributed by atoms with Crippen LogP contribution in [0.3, 0.4) is 0 Å². The molecular formula is C13H20FN3. The lowest BCUT2D eigenvalue weighted by Crippen LogP contribution is -2.27. The zero-order valence-electron chi connectivity index (χ0n) is 10.3. The summed E-state index contributed by atoms with van der Waals surface area (Å²) in [5.41, 5.74) is 7.26. The molecule has 0 saturated carbocycles. The third-order valence-electron chi connectivity index (χ3n) is 3.25. The Balaban J connectivity index is 2.34. The predicted octanol–water partition coefficient (Wildman–Crippen LogP) is 1.82. The zero-order chi connectivity index (χ0) is 12.3. The summed E-state index contributed by atoms with van der Waals surface area (Å²) in [6.45, 7) is 3.35. The van der Waals surface area contributed by atoms with Gasteiger partial charge in [0.2, 0.25) is 0 Å². The number of fused-ring (bicyclic) bond motifs is 1. The average Bonchev–Trinajstić information content (AvgIpc) is 2.48. The number of halogens is 1. The lowest BCUT2D eigenvalue weighted by molar-refractivity contribution is 0.614. The molecule has 2 rings (SSSR count). The maximum atomic E-state index is 14.0. The van der Waals surface area contributed by atoms with Crippen molar-refractivity contribution in [1.29, 1.82) is 0 Å². The maximum Gasteiger partial charge on any atom is 0.148 e. The van der Waals surface area contributed by atoms with Crippen LogP contribution in [0.2, 0.25) is 0 Å². The fourth-order valence-electron chi connectivity index (χ4n) is 2.36. The van der Waals surface area contributed by atoms with Crippen molar-refractivity contribution in [3.8, 4) is 0 Å². The van der Waals surface area contributed by atoms with Crippen LogP contribution >= 0.6 is 0 Å². The van der Waals surface area contributed by atoms with E-state index in [1.165, 1.54) is 6.07 Å². The Kier molecular flexibility index (Phi) is 3.84. The monoisotopic (exact) mass is 237 g/mol. The zero-order valence-corrected chi connectivity index (χ0v) is 10.3. The van der Waals surface area contributed by atoms with Gasteiger partial charge in [-0.05, 0) is 31.5 Å². The summed E-state index contributed by atoms with van der Waals surface area (Å²) < 4.78 is 14.0. The van der Waals surface area contributed by atoms with Gasteiger partial charge in [0.15, 0.2) is 0 Å². The van der Waals surface area contributed by atoms with E-state index < -0.39 is 0 Å². The van der Waals surface area contributed by atoms with Crippen LogP contribution in [0.25, 0.3) is 0 Å². The van der Waals surface area contributed by atoms with Crippen molar-refractivity contribution in [1.82, 2.24) is 0 Å². The molecule has 0 spiro atoms. The van der Waals surface area contributed by atoms with Crippen LogP contribution in [-0.2, 0) is 0 Å². The molecule has 0 saturated heterocycles. The Labute approximate surface area is 102 Å². The number of nitrogens with two attached hydrogens (primary N) is 1. The van der Waals surface area contributed by atoms with E-state index in [0.717, 1.165) is 43.9 Å². The molecule has 4 heteroatoms. The van der Waals surface area contributed by atoms with E-state index in [-0.39, 0.29) is 5.82 Å². The Morgan fingerprint density at radius 2 is 2.18 bits per heavy atom. The van der Waals surface area contributed by atoms with Crippen molar-refractivity contribution in [2.75, 3.05) is 43.0 Å². The molecule has 1 aromatic rings. The molecule has 2 N–H and O–H groups in total. The van der Waals surface area contributed by atoms with Gasteiger partial charge in [-0.1, -0.05) is 6.07 Å². The molecule has 1 heterocycles. The Bertz CT molecular complexity index is 381. The third-order valence-corrected chi connectivity index (χ3v) is 3.25. The second-order valence-corrected chi connectivity index (χ2v) is 4.51. The molecular weight excluding hydrogens is 217 g/mol. The average molecular weight is 237 g/mol. The number of hydrogen-bond donors (Lipinski definition) is 1. The van der Waals surface area contributed by atoms with Gasteiger partial charge in [0.1, 0.15) is 5.82 Å². The van der Waals surface area contributed by atoms with Crippen molar-refractivity contribution in [2.24, 2.45) is 5.73 Å². The molecule has 0 radical (unpaired) electrons. The molecule has 3 nitrogen and oxygen atoms in total. The molecule has 0 amide bonds. The number of nitrogens with zero attached hydrogens (tertiary/aromatic N) is 2. The first-order valence-corrected chi connectivity index (χ1v) is 6.18. The molecule has 17 heavy (non-hydrogen) atoms. The van der Waals surface area contributed by atoms with Crippen molar-refractivity contribution >= 4 is 11.4 Å². The summed E-state index contributed by atoms with van der Waals surface area (Å²) in [4.78, 5) is 4.25. The highest BCUT2D eigenvalue weighted by atomic mass is 19.1. The van der Waals surface area contributed by atoms with Crippen molar-refractivity contribution in [3.63, 3.8) is 0 Å². The van der Waals surface area contributed by atoms with Crippen LogP contribution in [0.15, 0.2) is 18.2 Å². The second-order valence-electron chi connectivity index (χ2n) is 4.51. The minimum atomic E-state index is -0.131. The second kappa shape index (κ2) is 5.36. The van der Waals surface area contributed by atoms with E-state index in [0.29, 0.717) is 6.54 Å². The highest BCUT2D eigenvalue weighted by molar-refractivity contribution is 5.72. The Morgan fingerprint density at radius 1 is 1.35 bits per heavy atom. The van der Waals surface area contributed by atoms with Crippen LogP contribution in [0.5, 0.6) is 0 Å². The molecule has 0 aliphatic carbocycles. The summed E-state index contributed by atoms with van der Waals surface area (Å²) in [7, 11) is 2.02. The van der Waals surface area contributed by atoms with Crippen molar-refractivity contribution < 1.29 is 4.39 Å². The van der Waals surface area contributed by atoms with E-state index >= 15 is 0 Å². The number of hydrogen-bond acceptors (Lipinski definition) is 3. The van der Waals surface area contributed by atoms with Gasteiger partial charge >= 0.3 is 0 Å². The van der Waals surface area contributed by atoms with Gasteiger partial charge in [0, 0.05) is 26.7 Å². The topological polar surface area (TPSA) is 32.5 Å². The normalized spacial score (nSPS) is 15.7. The van der Waals surface area contributed by atoms with Crippen molar-refractivity contribution in [3.05, 3.63) is 24.0 Å². The summed E-state index contributed by atoms with van der Waals surface area (Å²) >= 11 is 0. The number of benzene rings is 1. The third kappa shape index (κ3) is 2.52. The maximum absolute atomic E-state index is 14.0. The number of rotatable bonds is 3. The van der Waals surface area contributed by atoms with E-state index in [1.807, 2.05) is 13.1 Å². The Morgan fingerprint density at radius 3 is 2.94 bits per heavy atom. The molecule has 1 aliphatic rings. The quantitative estimate of drug-likeness (QED) is 0.870. The standard InChI is InChI=1S/C13H20FN3/c1-16-8-4-10-17(9-3-7-15)13-11(14)5-2-6-12(13)16/h2,5-6H,3-4,7-10,15H2,1H3. The van der Waals surface area contributed by atoms with Crippen LogP contribution in [0, 0.1) is 5.82 Å². The SMILES string of the molecule is CN1CCCN(CCCN)c2c(F)cccc21. The summed E-state index contributed by atoms with van der Waals surface area (Å²) in [6, 6.07) is 5.30. The van der Waals surface area contributed by atoms with Gasteiger partial charge in [-0.3, -0.25) is 0 Å². The highest BCUT2D eigenvalue weighted by Gasteiger charge is 2.21. The van der Waals surface area contributed by atoms with Gasteiger partial charge in [0.05, 0.1) is 11.4 Å². The molecule has 1 aromatic carbocycles. The minimum Gasteiger partial charge on any atom is -0.373 e. The first-order chi connectivity index (χ1) is 8.24. The molecule has 1 aliphatic heterocycles. The van der Waals surface area contributed by atoms with Gasteiger partial charge in [-0.25, -0.2) is 4.39 Å². The van der Waals surface area contributed by atoms with Crippen LogP contribution in [0.4, 0.5) is 15.8 Å². The lowest BCUT2D eigenvalue weighted by atomic mass is 10.2. The van der Waals surface area contributed by atoms with E-state index in [1.54, 1.807) is 6.07 Å². The van der Waals surface area contributed by atoms with Crippen LogP contribution < -0.4 is 15.5 Å². The molecule has 0 bridgehead atoms. The van der Waals surface area contributed by atoms with Crippen molar-refractivity contribution in [2.45, 2.75) is 12.8 Å². The molecule has 0 atom stereocenters. The van der Waals surface area contributed by atoms with Gasteiger partial charge in [-0.15, -0.1) is 0 Å². The van der Waals surface area contributed by atoms with Crippen LogP contribution in [-0.4, -0.2) is 33.2 Å². The molecule has 0 fully saturated rings. The highest BCUT2D eigenvalue weighted by Crippen LogP contribution is 2.33. The first-order valence-electron chi connectivity index (χ1n) is 6.18. The summed E-state index contributed by atoms with van der Waals surface area (Å²) in [6.07, 6.45) is 1.95. The smallest absolute Gasteiger partial charge is 0.148 e. The molecule has 94 valence electrons.